The van der Waals surface area contributed by atoms with E-state index in [2.05, 4.69) is 59.4 Å². The van der Waals surface area contributed by atoms with Crippen LogP contribution < -0.4 is 15.4 Å². The molecule has 0 spiro atoms. The minimum Gasteiger partial charge on any atom is -0.438 e. The van der Waals surface area contributed by atoms with Crippen molar-refractivity contribution in [2.24, 2.45) is 0 Å². The van der Waals surface area contributed by atoms with Crippen LogP contribution in [-0.2, 0) is 0 Å². The first-order chi connectivity index (χ1) is 18.3. The maximum absolute atomic E-state index is 6.12. The van der Waals surface area contributed by atoms with Crippen LogP contribution in [0.25, 0.3) is 33.3 Å². The lowest BCUT2D eigenvalue weighted by molar-refractivity contribution is 0.465. The number of rotatable bonds is 7. The van der Waals surface area contributed by atoms with Gasteiger partial charge in [0.2, 0.25) is 11.8 Å². The Labute approximate surface area is 217 Å². The third-order valence-electron chi connectivity index (χ3n) is 5.74. The number of nitrogens with zero attached hydrogens (tertiary/aromatic N) is 5. The lowest BCUT2D eigenvalue weighted by Gasteiger charge is -2.12. The van der Waals surface area contributed by atoms with Gasteiger partial charge in [0.15, 0.2) is 5.82 Å². The van der Waals surface area contributed by atoms with Gasteiger partial charge < -0.3 is 15.4 Å². The van der Waals surface area contributed by atoms with Crippen LogP contribution >= 0.6 is 11.3 Å². The second-order valence-electron chi connectivity index (χ2n) is 8.08. The Balaban J connectivity index is 1.25. The molecule has 0 amide bonds. The van der Waals surface area contributed by atoms with Gasteiger partial charge in [-0.25, -0.2) is 15.0 Å². The predicted octanol–water partition coefficient (Wildman–Crippen LogP) is 6.79. The summed E-state index contributed by atoms with van der Waals surface area (Å²) < 4.78 is 6.12. The van der Waals surface area contributed by atoms with E-state index in [0.717, 1.165) is 39.0 Å². The van der Waals surface area contributed by atoms with Crippen molar-refractivity contribution < 1.29 is 4.74 Å². The summed E-state index contributed by atoms with van der Waals surface area (Å²) in [5, 5.41) is 21.5. The first-order valence-corrected chi connectivity index (χ1v) is 12.5. The highest BCUT2D eigenvalue weighted by molar-refractivity contribution is 7.08. The number of nitrogens with one attached hydrogen (secondary N) is 2. The topological polar surface area (TPSA) is 97.7 Å². The molecule has 0 aliphatic rings. The number of pyridine rings is 1. The van der Waals surface area contributed by atoms with Crippen LogP contribution in [0.5, 0.6) is 11.6 Å². The van der Waals surface area contributed by atoms with Gasteiger partial charge >= 0.3 is 0 Å². The molecular weight excluding hydrogens is 482 g/mol. The molecular formula is C28H21N7OS. The lowest BCUT2D eigenvalue weighted by atomic mass is 10.1. The molecule has 0 aliphatic heterocycles. The smallest absolute Gasteiger partial charge is 0.228 e. The summed E-state index contributed by atoms with van der Waals surface area (Å²) >= 11 is 1.64. The molecule has 0 atom stereocenters. The number of fused-ring (bicyclic) bond motifs is 1. The number of benzene rings is 2. The van der Waals surface area contributed by atoms with Crippen LogP contribution in [0.4, 0.5) is 17.5 Å². The van der Waals surface area contributed by atoms with E-state index in [0.29, 0.717) is 23.4 Å². The standard InChI is InChI=1S/C28H21N7OS/c1-29-28-31-15-12-24(33-28)23-7-4-14-30-27(23)36-20-10-8-19(9-11-20)32-26-22-6-3-2-5-21(22)25(34-35-26)18-13-16-37-17-18/h2-17H,1H3,(H,32,35)(H,29,31,33). The molecule has 0 radical (unpaired) electrons. The van der Waals surface area contributed by atoms with Crippen LogP contribution in [-0.4, -0.2) is 32.2 Å². The molecule has 4 aromatic heterocycles. The first-order valence-electron chi connectivity index (χ1n) is 11.6. The largest absolute Gasteiger partial charge is 0.438 e. The second-order valence-corrected chi connectivity index (χ2v) is 8.86. The Morgan fingerprint density at radius 1 is 0.811 bits per heavy atom. The molecule has 4 heterocycles. The first kappa shape index (κ1) is 22.6. The van der Waals surface area contributed by atoms with E-state index in [9.17, 15) is 0 Å². The van der Waals surface area contributed by atoms with Crippen LogP contribution in [0.1, 0.15) is 0 Å². The van der Waals surface area contributed by atoms with Crippen LogP contribution in [0, 0.1) is 0 Å². The highest BCUT2D eigenvalue weighted by atomic mass is 32.1. The summed E-state index contributed by atoms with van der Waals surface area (Å²) in [6.45, 7) is 0. The molecule has 180 valence electrons. The summed E-state index contributed by atoms with van der Waals surface area (Å²) in [6, 6.07) is 23.4. The van der Waals surface area contributed by atoms with Gasteiger partial charge in [-0.1, -0.05) is 24.3 Å². The highest BCUT2D eigenvalue weighted by Gasteiger charge is 2.13. The average molecular weight is 504 g/mol. The van der Waals surface area contributed by atoms with Gasteiger partial charge in [-0.15, -0.1) is 10.2 Å². The van der Waals surface area contributed by atoms with E-state index in [1.807, 2.05) is 60.0 Å². The number of aromatic nitrogens is 5. The van der Waals surface area contributed by atoms with Gasteiger partial charge in [-0.3, -0.25) is 0 Å². The number of hydrogen-bond donors (Lipinski definition) is 2. The molecule has 0 bridgehead atoms. The fourth-order valence-corrected chi connectivity index (χ4v) is 4.60. The van der Waals surface area contributed by atoms with E-state index in [-0.39, 0.29) is 0 Å². The molecule has 0 fully saturated rings. The third kappa shape index (κ3) is 4.67. The molecule has 2 aromatic carbocycles. The van der Waals surface area contributed by atoms with Crippen molar-refractivity contribution in [1.29, 1.82) is 0 Å². The molecule has 6 aromatic rings. The van der Waals surface area contributed by atoms with Gasteiger partial charge in [-0.2, -0.15) is 11.3 Å². The number of thiophene rings is 1. The third-order valence-corrected chi connectivity index (χ3v) is 6.42. The predicted molar refractivity (Wildman–Crippen MR) is 147 cm³/mol. The van der Waals surface area contributed by atoms with Crippen LogP contribution in [0.3, 0.4) is 0 Å². The van der Waals surface area contributed by atoms with Crippen LogP contribution in [0.2, 0.25) is 0 Å². The van der Waals surface area contributed by atoms with Gasteiger partial charge in [0.05, 0.1) is 11.3 Å². The van der Waals surface area contributed by atoms with Crippen LogP contribution in [0.15, 0.2) is 96.0 Å². The Kier molecular flexibility index (Phi) is 6.10. The number of ether oxygens (including phenoxy) is 1. The molecule has 0 unspecified atom stereocenters. The van der Waals surface area contributed by atoms with E-state index in [1.165, 1.54) is 0 Å². The van der Waals surface area contributed by atoms with E-state index in [1.54, 1.807) is 30.8 Å². The Hall–Kier alpha value is -4.89. The lowest BCUT2D eigenvalue weighted by Crippen LogP contribution is -1.99. The van der Waals surface area contributed by atoms with Gasteiger partial charge in [-0.05, 0) is 53.9 Å². The zero-order valence-corrected chi connectivity index (χ0v) is 20.6. The zero-order valence-electron chi connectivity index (χ0n) is 19.8. The van der Waals surface area contributed by atoms with Crippen molar-refractivity contribution >= 4 is 39.6 Å². The van der Waals surface area contributed by atoms with Gasteiger partial charge in [0.25, 0.3) is 0 Å². The molecule has 2 N–H and O–H groups in total. The SMILES string of the molecule is CNc1nccc(-c2cccnc2Oc2ccc(Nc3nnc(-c4ccsc4)c4ccccc34)cc2)n1. The molecule has 6 rings (SSSR count). The van der Waals surface area contributed by atoms with Crippen molar-refractivity contribution in [3.05, 3.63) is 96.0 Å². The van der Waals surface area contributed by atoms with Crippen molar-refractivity contribution in [1.82, 2.24) is 25.1 Å². The fourth-order valence-electron chi connectivity index (χ4n) is 3.96. The molecule has 9 heteroatoms. The number of anilines is 3. The molecule has 37 heavy (non-hydrogen) atoms. The fraction of sp³-hybridized carbons (Fsp3) is 0.0357. The molecule has 0 saturated heterocycles. The van der Waals surface area contributed by atoms with Crippen molar-refractivity contribution in [3.63, 3.8) is 0 Å². The van der Waals surface area contributed by atoms with Crippen molar-refractivity contribution in [2.75, 3.05) is 17.7 Å². The quantitative estimate of drug-likeness (QED) is 0.246. The maximum atomic E-state index is 6.12. The summed E-state index contributed by atoms with van der Waals surface area (Å²) in [5.41, 5.74) is 4.31. The van der Waals surface area contributed by atoms with E-state index < -0.39 is 0 Å². The summed E-state index contributed by atoms with van der Waals surface area (Å²) in [4.78, 5) is 13.1. The Bertz CT molecular complexity index is 1670. The summed E-state index contributed by atoms with van der Waals surface area (Å²) in [7, 11) is 1.78. The van der Waals surface area contributed by atoms with Gasteiger partial charge in [0.1, 0.15) is 11.4 Å². The monoisotopic (exact) mass is 503 g/mol. The minimum absolute atomic E-state index is 0.463. The minimum atomic E-state index is 0.463. The Morgan fingerprint density at radius 2 is 1.68 bits per heavy atom. The van der Waals surface area contributed by atoms with E-state index in [4.69, 9.17) is 4.74 Å². The summed E-state index contributed by atoms with van der Waals surface area (Å²) in [6.07, 6.45) is 3.39. The molecule has 0 aliphatic carbocycles. The van der Waals surface area contributed by atoms with Crippen molar-refractivity contribution in [2.45, 2.75) is 0 Å². The maximum Gasteiger partial charge on any atom is 0.228 e. The van der Waals surface area contributed by atoms with Crippen molar-refractivity contribution in [3.8, 4) is 34.1 Å². The van der Waals surface area contributed by atoms with Gasteiger partial charge in [0, 0.05) is 46.8 Å². The normalized spacial score (nSPS) is 10.8. The van der Waals surface area contributed by atoms with E-state index >= 15 is 0 Å². The number of hydrogen-bond acceptors (Lipinski definition) is 9. The Morgan fingerprint density at radius 3 is 2.49 bits per heavy atom. The highest BCUT2D eigenvalue weighted by Crippen LogP contribution is 2.33. The second kappa shape index (κ2) is 10.00. The zero-order chi connectivity index (χ0) is 25.0. The molecule has 8 nitrogen and oxygen atoms in total. The average Bonchev–Trinajstić information content (AvgIpc) is 3.49. The summed E-state index contributed by atoms with van der Waals surface area (Å²) in [5.74, 6) is 2.34. The molecule has 0 saturated carbocycles.